The lowest BCUT2D eigenvalue weighted by Gasteiger charge is -2.29. The van der Waals surface area contributed by atoms with Crippen LogP contribution in [0, 0.1) is 5.92 Å². The molecule has 2 aliphatic carbocycles. The lowest BCUT2D eigenvalue weighted by Crippen LogP contribution is -2.28. The molecule has 3 rings (SSSR count). The summed E-state index contributed by atoms with van der Waals surface area (Å²) < 4.78 is 40.0. The van der Waals surface area contributed by atoms with Crippen molar-refractivity contribution in [2.24, 2.45) is 5.92 Å². The van der Waals surface area contributed by atoms with Crippen LogP contribution < -0.4 is 0 Å². The number of aliphatic hydroxyl groups excluding tert-OH is 1. The van der Waals surface area contributed by atoms with E-state index in [0.717, 1.165) is 18.7 Å². The van der Waals surface area contributed by atoms with Crippen LogP contribution in [0.25, 0.3) is 0 Å². The predicted molar refractivity (Wildman–Crippen MR) is 65.0 cm³/mol. The molecule has 112 valence electrons. The first kappa shape index (κ1) is 13.9. The van der Waals surface area contributed by atoms with Gasteiger partial charge in [0.1, 0.15) is 12.4 Å². The number of halogens is 3. The zero-order chi connectivity index (χ0) is 14.3. The smallest absolute Gasteiger partial charge is 0.388 e. The van der Waals surface area contributed by atoms with Crippen LogP contribution in [0.3, 0.4) is 0 Å². The SMILES string of the molecule is OCc1nnc(C2CCC(C(F)(F)F)CC2)n1C1CC1. The van der Waals surface area contributed by atoms with E-state index in [1.165, 1.54) is 0 Å². The molecule has 4 nitrogen and oxygen atoms in total. The maximum absolute atomic E-state index is 12.7. The summed E-state index contributed by atoms with van der Waals surface area (Å²) in [5.41, 5.74) is 0. The molecule has 0 atom stereocenters. The second-order valence-electron chi connectivity index (χ2n) is 5.82. The predicted octanol–water partition coefficient (Wildman–Crippen LogP) is 2.94. The Morgan fingerprint density at radius 2 is 1.70 bits per heavy atom. The van der Waals surface area contributed by atoms with E-state index >= 15 is 0 Å². The van der Waals surface area contributed by atoms with Gasteiger partial charge in [0.05, 0.1) is 5.92 Å². The van der Waals surface area contributed by atoms with Crippen LogP contribution in [0.2, 0.25) is 0 Å². The molecule has 1 N–H and O–H groups in total. The molecule has 0 aromatic carbocycles. The third kappa shape index (κ3) is 2.55. The van der Waals surface area contributed by atoms with Gasteiger partial charge in [0, 0.05) is 12.0 Å². The van der Waals surface area contributed by atoms with E-state index in [2.05, 4.69) is 10.2 Å². The molecule has 0 bridgehead atoms. The molecule has 0 saturated heterocycles. The number of nitrogens with zero attached hydrogens (tertiary/aromatic N) is 3. The second-order valence-corrected chi connectivity index (χ2v) is 5.82. The quantitative estimate of drug-likeness (QED) is 0.930. The Bertz CT molecular complexity index is 474. The molecule has 1 aromatic heterocycles. The van der Waals surface area contributed by atoms with Crippen molar-refractivity contribution in [2.45, 2.75) is 63.3 Å². The van der Waals surface area contributed by atoms with Crippen LogP contribution in [0.15, 0.2) is 0 Å². The van der Waals surface area contributed by atoms with Crippen molar-refractivity contribution in [3.05, 3.63) is 11.6 Å². The molecule has 0 unspecified atom stereocenters. The van der Waals surface area contributed by atoms with Gasteiger partial charge in [-0.3, -0.25) is 0 Å². The summed E-state index contributed by atoms with van der Waals surface area (Å²) >= 11 is 0. The lowest BCUT2D eigenvalue weighted by molar-refractivity contribution is -0.182. The molecule has 0 amide bonds. The van der Waals surface area contributed by atoms with Gasteiger partial charge in [-0.1, -0.05) is 0 Å². The number of hydrogen-bond donors (Lipinski definition) is 1. The number of aliphatic hydroxyl groups is 1. The normalized spacial score (nSPS) is 27.8. The maximum atomic E-state index is 12.7. The Hall–Kier alpha value is -1.11. The highest BCUT2D eigenvalue weighted by atomic mass is 19.4. The maximum Gasteiger partial charge on any atom is 0.391 e. The topological polar surface area (TPSA) is 50.9 Å². The first-order valence-electron chi connectivity index (χ1n) is 7.12. The van der Waals surface area contributed by atoms with Gasteiger partial charge in [-0.05, 0) is 38.5 Å². The van der Waals surface area contributed by atoms with Crippen LogP contribution in [0.4, 0.5) is 13.2 Å². The fourth-order valence-corrected chi connectivity index (χ4v) is 3.13. The zero-order valence-corrected chi connectivity index (χ0v) is 11.1. The Labute approximate surface area is 115 Å². The van der Waals surface area contributed by atoms with E-state index in [1.807, 2.05) is 4.57 Å². The molecular weight excluding hydrogens is 271 g/mol. The molecule has 1 heterocycles. The molecule has 0 radical (unpaired) electrons. The second kappa shape index (κ2) is 5.02. The fourth-order valence-electron chi connectivity index (χ4n) is 3.13. The van der Waals surface area contributed by atoms with Gasteiger partial charge in [0.15, 0.2) is 5.82 Å². The standard InChI is InChI=1S/C13H18F3N3O/c14-13(15,16)9-3-1-8(2-4-9)12-18-17-11(7-20)19(12)10-5-6-10/h8-10,20H,1-7H2. The largest absolute Gasteiger partial charge is 0.391 e. The van der Waals surface area contributed by atoms with Crippen LogP contribution in [-0.2, 0) is 6.61 Å². The molecule has 0 spiro atoms. The van der Waals surface area contributed by atoms with Crippen LogP contribution in [0.1, 0.15) is 62.1 Å². The minimum absolute atomic E-state index is 0.0435. The minimum Gasteiger partial charge on any atom is -0.388 e. The number of rotatable bonds is 3. The third-order valence-corrected chi connectivity index (χ3v) is 4.40. The van der Waals surface area contributed by atoms with Gasteiger partial charge >= 0.3 is 6.18 Å². The van der Waals surface area contributed by atoms with Crippen molar-refractivity contribution in [1.29, 1.82) is 0 Å². The molecule has 0 aliphatic heterocycles. The highest BCUT2D eigenvalue weighted by molar-refractivity contribution is 5.08. The van der Waals surface area contributed by atoms with Gasteiger partial charge in [-0.25, -0.2) is 0 Å². The van der Waals surface area contributed by atoms with Crippen LogP contribution >= 0.6 is 0 Å². The molecule has 7 heteroatoms. The van der Waals surface area contributed by atoms with Crippen LogP contribution in [0.5, 0.6) is 0 Å². The van der Waals surface area contributed by atoms with Gasteiger partial charge in [0.25, 0.3) is 0 Å². The number of alkyl halides is 3. The molecule has 20 heavy (non-hydrogen) atoms. The van der Waals surface area contributed by atoms with Gasteiger partial charge in [0.2, 0.25) is 0 Å². The minimum atomic E-state index is -4.08. The van der Waals surface area contributed by atoms with E-state index in [0.29, 0.717) is 24.7 Å². The van der Waals surface area contributed by atoms with Gasteiger partial charge in [-0.2, -0.15) is 13.2 Å². The monoisotopic (exact) mass is 289 g/mol. The Morgan fingerprint density at radius 1 is 1.05 bits per heavy atom. The van der Waals surface area contributed by atoms with Crippen molar-refractivity contribution in [3.63, 3.8) is 0 Å². The average molecular weight is 289 g/mol. The highest BCUT2D eigenvalue weighted by Crippen LogP contribution is 2.45. The summed E-state index contributed by atoms with van der Waals surface area (Å²) in [5, 5.41) is 17.4. The molecule has 2 fully saturated rings. The molecule has 2 saturated carbocycles. The molecule has 1 aromatic rings. The van der Waals surface area contributed by atoms with E-state index in [1.54, 1.807) is 0 Å². The summed E-state index contributed by atoms with van der Waals surface area (Å²) in [6, 6.07) is 0.336. The van der Waals surface area contributed by atoms with Gasteiger partial charge in [-0.15, -0.1) is 10.2 Å². The van der Waals surface area contributed by atoms with Gasteiger partial charge < -0.3 is 9.67 Å². The molecular formula is C13H18F3N3O. The van der Waals surface area contributed by atoms with Crippen molar-refractivity contribution < 1.29 is 18.3 Å². The summed E-state index contributed by atoms with van der Waals surface area (Å²) in [6.07, 6.45) is -0.668. The lowest BCUT2D eigenvalue weighted by atomic mass is 9.81. The van der Waals surface area contributed by atoms with Crippen molar-refractivity contribution >= 4 is 0 Å². The Kier molecular flexibility index (Phi) is 3.48. The summed E-state index contributed by atoms with van der Waals surface area (Å²) in [7, 11) is 0. The fraction of sp³-hybridized carbons (Fsp3) is 0.846. The zero-order valence-electron chi connectivity index (χ0n) is 11.1. The van der Waals surface area contributed by atoms with Crippen molar-refractivity contribution in [2.75, 3.05) is 0 Å². The highest BCUT2D eigenvalue weighted by Gasteiger charge is 2.43. The van der Waals surface area contributed by atoms with Crippen molar-refractivity contribution in [3.8, 4) is 0 Å². The van der Waals surface area contributed by atoms with E-state index in [-0.39, 0.29) is 25.4 Å². The summed E-state index contributed by atoms with van der Waals surface area (Å²) in [4.78, 5) is 0. The third-order valence-electron chi connectivity index (χ3n) is 4.40. The van der Waals surface area contributed by atoms with Crippen molar-refractivity contribution in [1.82, 2.24) is 14.8 Å². The number of aromatic nitrogens is 3. The van der Waals surface area contributed by atoms with E-state index in [4.69, 9.17) is 0 Å². The first-order valence-corrected chi connectivity index (χ1v) is 7.12. The Morgan fingerprint density at radius 3 is 2.20 bits per heavy atom. The van der Waals surface area contributed by atoms with E-state index < -0.39 is 12.1 Å². The summed E-state index contributed by atoms with van der Waals surface area (Å²) in [6.45, 7) is -0.165. The first-order chi connectivity index (χ1) is 9.50. The molecule has 2 aliphatic rings. The van der Waals surface area contributed by atoms with Crippen LogP contribution in [-0.4, -0.2) is 26.0 Å². The van der Waals surface area contributed by atoms with E-state index in [9.17, 15) is 18.3 Å². The summed E-state index contributed by atoms with van der Waals surface area (Å²) in [5.74, 6) is 0.188. The number of hydrogen-bond acceptors (Lipinski definition) is 3. The average Bonchev–Trinajstić information content (AvgIpc) is 3.17. The Balaban J connectivity index is 1.74.